The predicted octanol–water partition coefficient (Wildman–Crippen LogP) is 0.727. The fourth-order valence-electron chi connectivity index (χ4n) is 1.97. The molecule has 1 N–H and O–H groups in total. The highest BCUT2D eigenvalue weighted by Gasteiger charge is 2.42. The molecule has 0 aromatic heterocycles. The van der Waals surface area contributed by atoms with Gasteiger partial charge in [0.1, 0.15) is 0 Å². The number of hydrogen-bond donors (Lipinski definition) is 1. The van der Waals surface area contributed by atoms with Crippen LogP contribution in [0.1, 0.15) is 19.3 Å². The number of carbonyl (C=O) groups excluding carboxylic acids is 1. The van der Waals surface area contributed by atoms with Crippen molar-refractivity contribution >= 4 is 15.9 Å². The first-order chi connectivity index (χ1) is 8.59. The van der Waals surface area contributed by atoms with Crippen LogP contribution >= 0.6 is 0 Å². The Morgan fingerprint density at radius 3 is 2.58 bits per heavy atom. The summed E-state index contributed by atoms with van der Waals surface area (Å²) < 4.78 is 61.4. The molecule has 0 bridgehead atoms. The third-order valence-electron chi connectivity index (χ3n) is 2.94. The standard InChI is InChI=1S/C10H17F3N2O3S/c1-19(17,18)14-5-4-9(16)15-6-2-3-8(7-15)10(11,12)13/h8,14H,2-7H2,1H3/t8-/m0/s1. The maximum atomic E-state index is 12.6. The molecule has 1 fully saturated rings. The number of nitrogens with zero attached hydrogens (tertiary/aromatic N) is 1. The Balaban J connectivity index is 2.44. The minimum Gasteiger partial charge on any atom is -0.342 e. The molecule has 1 amide bonds. The molecular weight excluding hydrogens is 285 g/mol. The van der Waals surface area contributed by atoms with Gasteiger partial charge in [0.05, 0.1) is 12.2 Å². The second kappa shape index (κ2) is 6.08. The minimum atomic E-state index is -4.29. The van der Waals surface area contributed by atoms with Crippen molar-refractivity contribution in [3.8, 4) is 0 Å². The number of amides is 1. The van der Waals surface area contributed by atoms with Gasteiger partial charge in [0.15, 0.2) is 0 Å². The van der Waals surface area contributed by atoms with Gasteiger partial charge in [-0.25, -0.2) is 13.1 Å². The number of piperidine rings is 1. The normalized spacial score (nSPS) is 21.5. The molecular formula is C10H17F3N2O3S. The molecule has 1 saturated heterocycles. The highest BCUT2D eigenvalue weighted by atomic mass is 32.2. The largest absolute Gasteiger partial charge is 0.393 e. The maximum absolute atomic E-state index is 12.6. The van der Waals surface area contributed by atoms with Crippen LogP contribution in [-0.2, 0) is 14.8 Å². The summed E-state index contributed by atoms with van der Waals surface area (Å²) in [7, 11) is -3.39. The molecule has 19 heavy (non-hydrogen) atoms. The number of carbonyl (C=O) groups is 1. The van der Waals surface area contributed by atoms with Crippen molar-refractivity contribution in [2.45, 2.75) is 25.4 Å². The molecule has 0 aromatic rings. The average molecular weight is 302 g/mol. The Morgan fingerprint density at radius 1 is 1.42 bits per heavy atom. The van der Waals surface area contributed by atoms with E-state index in [1.165, 1.54) is 0 Å². The molecule has 0 aliphatic carbocycles. The van der Waals surface area contributed by atoms with Crippen LogP contribution in [0.5, 0.6) is 0 Å². The van der Waals surface area contributed by atoms with Crippen LogP contribution in [0.4, 0.5) is 13.2 Å². The number of nitrogens with one attached hydrogen (secondary N) is 1. The quantitative estimate of drug-likeness (QED) is 0.832. The van der Waals surface area contributed by atoms with Gasteiger partial charge in [0, 0.05) is 26.1 Å². The van der Waals surface area contributed by atoms with Crippen molar-refractivity contribution in [1.82, 2.24) is 9.62 Å². The van der Waals surface area contributed by atoms with Crippen LogP contribution in [0.2, 0.25) is 0 Å². The van der Waals surface area contributed by atoms with Crippen LogP contribution in [0, 0.1) is 5.92 Å². The van der Waals surface area contributed by atoms with Gasteiger partial charge >= 0.3 is 6.18 Å². The summed E-state index contributed by atoms with van der Waals surface area (Å²) in [6, 6.07) is 0. The van der Waals surface area contributed by atoms with Crippen molar-refractivity contribution in [2.75, 3.05) is 25.9 Å². The molecule has 1 heterocycles. The number of alkyl halides is 3. The summed E-state index contributed by atoms with van der Waals surface area (Å²) in [5.74, 6) is -1.93. The van der Waals surface area contributed by atoms with Crippen molar-refractivity contribution < 1.29 is 26.4 Å². The Morgan fingerprint density at radius 2 is 2.05 bits per heavy atom. The van der Waals surface area contributed by atoms with Gasteiger partial charge in [-0.2, -0.15) is 13.2 Å². The SMILES string of the molecule is CS(=O)(=O)NCCC(=O)N1CCC[C@H](C(F)(F)F)C1. The van der Waals surface area contributed by atoms with Crippen LogP contribution in [0.15, 0.2) is 0 Å². The van der Waals surface area contributed by atoms with Gasteiger partial charge in [-0.1, -0.05) is 0 Å². The molecule has 0 radical (unpaired) electrons. The summed E-state index contributed by atoms with van der Waals surface area (Å²) in [6.45, 7) is -0.129. The molecule has 0 aromatic carbocycles. The highest BCUT2D eigenvalue weighted by molar-refractivity contribution is 7.88. The van der Waals surface area contributed by atoms with Crippen LogP contribution in [-0.4, -0.2) is 51.3 Å². The summed E-state index contributed by atoms with van der Waals surface area (Å²) in [4.78, 5) is 12.8. The Hall–Kier alpha value is -0.830. The Kier molecular flexibility index (Phi) is 5.19. The third-order valence-corrected chi connectivity index (χ3v) is 3.67. The molecule has 5 nitrogen and oxygen atoms in total. The number of likely N-dealkylation sites (tertiary alicyclic amines) is 1. The zero-order chi connectivity index (χ0) is 14.7. The van der Waals surface area contributed by atoms with Crippen molar-refractivity contribution in [3.63, 3.8) is 0 Å². The molecule has 0 spiro atoms. The zero-order valence-corrected chi connectivity index (χ0v) is 11.4. The first-order valence-corrected chi connectivity index (χ1v) is 7.78. The molecule has 1 rings (SSSR count). The van der Waals surface area contributed by atoms with E-state index in [2.05, 4.69) is 4.72 Å². The number of hydrogen-bond acceptors (Lipinski definition) is 3. The van der Waals surface area contributed by atoms with E-state index in [4.69, 9.17) is 0 Å². The van der Waals surface area contributed by atoms with E-state index in [0.29, 0.717) is 13.0 Å². The lowest BCUT2D eigenvalue weighted by molar-refractivity contribution is -0.188. The highest BCUT2D eigenvalue weighted by Crippen LogP contribution is 2.33. The summed E-state index contributed by atoms with van der Waals surface area (Å²) in [6.07, 6.45) is -3.11. The van der Waals surface area contributed by atoms with Crippen molar-refractivity contribution in [3.05, 3.63) is 0 Å². The number of rotatable bonds is 4. The van der Waals surface area contributed by atoms with Crippen LogP contribution in [0.25, 0.3) is 0 Å². The number of halogens is 3. The predicted molar refractivity (Wildman–Crippen MR) is 62.8 cm³/mol. The molecule has 1 aliphatic rings. The molecule has 1 atom stereocenters. The lowest BCUT2D eigenvalue weighted by Crippen LogP contribution is -2.45. The van der Waals surface area contributed by atoms with Gasteiger partial charge in [0.25, 0.3) is 0 Å². The molecule has 9 heteroatoms. The van der Waals surface area contributed by atoms with E-state index in [-0.39, 0.29) is 25.9 Å². The lowest BCUT2D eigenvalue weighted by atomic mass is 9.97. The van der Waals surface area contributed by atoms with E-state index in [1.807, 2.05) is 0 Å². The van der Waals surface area contributed by atoms with Gasteiger partial charge < -0.3 is 4.90 Å². The van der Waals surface area contributed by atoms with E-state index < -0.39 is 28.0 Å². The van der Waals surface area contributed by atoms with E-state index in [9.17, 15) is 26.4 Å². The van der Waals surface area contributed by atoms with Crippen molar-refractivity contribution in [1.29, 1.82) is 0 Å². The Bertz CT molecular complexity index is 422. The summed E-state index contributed by atoms with van der Waals surface area (Å²) in [5, 5.41) is 0. The second-order valence-electron chi connectivity index (χ2n) is 4.64. The third kappa shape index (κ3) is 5.77. The molecule has 112 valence electrons. The molecule has 0 saturated carbocycles. The van der Waals surface area contributed by atoms with E-state index in [0.717, 1.165) is 11.2 Å². The van der Waals surface area contributed by atoms with E-state index in [1.54, 1.807) is 0 Å². The fraction of sp³-hybridized carbons (Fsp3) is 0.900. The monoisotopic (exact) mass is 302 g/mol. The number of sulfonamides is 1. The van der Waals surface area contributed by atoms with Crippen LogP contribution < -0.4 is 4.72 Å². The van der Waals surface area contributed by atoms with Gasteiger partial charge in [-0.3, -0.25) is 4.79 Å². The van der Waals surface area contributed by atoms with Crippen LogP contribution in [0.3, 0.4) is 0 Å². The topological polar surface area (TPSA) is 66.5 Å². The summed E-state index contributed by atoms with van der Waals surface area (Å²) in [5.41, 5.74) is 0. The molecule has 1 aliphatic heterocycles. The smallest absolute Gasteiger partial charge is 0.342 e. The second-order valence-corrected chi connectivity index (χ2v) is 6.47. The zero-order valence-electron chi connectivity index (χ0n) is 10.5. The van der Waals surface area contributed by atoms with Crippen molar-refractivity contribution in [2.24, 2.45) is 5.92 Å². The Labute approximate surface area is 110 Å². The first-order valence-electron chi connectivity index (χ1n) is 5.89. The van der Waals surface area contributed by atoms with Gasteiger partial charge in [-0.15, -0.1) is 0 Å². The lowest BCUT2D eigenvalue weighted by Gasteiger charge is -2.33. The molecule has 0 unspecified atom stereocenters. The minimum absolute atomic E-state index is 0.0366. The van der Waals surface area contributed by atoms with E-state index >= 15 is 0 Å². The average Bonchev–Trinajstić information content (AvgIpc) is 2.26. The van der Waals surface area contributed by atoms with Gasteiger partial charge in [0.2, 0.25) is 15.9 Å². The maximum Gasteiger partial charge on any atom is 0.393 e. The fourth-order valence-corrected chi connectivity index (χ4v) is 2.45. The summed E-state index contributed by atoms with van der Waals surface area (Å²) >= 11 is 0. The first kappa shape index (κ1) is 16.2. The van der Waals surface area contributed by atoms with Gasteiger partial charge in [-0.05, 0) is 12.8 Å².